The summed E-state index contributed by atoms with van der Waals surface area (Å²) in [5.74, 6) is 1.21. The molecule has 0 aromatic heterocycles. The van der Waals surface area contributed by atoms with Crippen molar-refractivity contribution in [2.75, 3.05) is 33.9 Å². The minimum absolute atomic E-state index is 0.131. The van der Waals surface area contributed by atoms with Gasteiger partial charge in [0.2, 0.25) is 0 Å². The van der Waals surface area contributed by atoms with Gasteiger partial charge in [-0.3, -0.25) is 9.79 Å². The first-order valence-electron chi connectivity index (χ1n) is 9.51. The van der Waals surface area contributed by atoms with Gasteiger partial charge in [0.25, 0.3) is 0 Å². The molecule has 1 fully saturated rings. The molecule has 1 saturated heterocycles. The number of rotatable bonds is 8. The zero-order valence-electron chi connectivity index (χ0n) is 16.7. The maximum Gasteiger partial charge on any atom is 0.305 e. The molecule has 1 heterocycles. The van der Waals surface area contributed by atoms with Gasteiger partial charge in [-0.05, 0) is 31.1 Å². The van der Waals surface area contributed by atoms with E-state index in [2.05, 4.69) is 41.1 Å². The number of hydrogen-bond acceptors (Lipinski definition) is 4. The van der Waals surface area contributed by atoms with Crippen LogP contribution in [0.15, 0.2) is 4.99 Å². The average molecular weight is 356 g/mol. The first kappa shape index (κ1) is 21.7. The van der Waals surface area contributed by atoms with E-state index in [0.29, 0.717) is 12.3 Å². The van der Waals surface area contributed by atoms with Gasteiger partial charge in [0.1, 0.15) is 0 Å². The largest absolute Gasteiger partial charge is 0.469 e. The van der Waals surface area contributed by atoms with Crippen molar-refractivity contribution >= 4 is 11.9 Å². The van der Waals surface area contributed by atoms with Crippen LogP contribution in [0.2, 0.25) is 0 Å². The third kappa shape index (κ3) is 8.56. The number of carbonyl (C=O) groups excluding carboxylic acids is 1. The summed E-state index contributed by atoms with van der Waals surface area (Å²) in [7, 11) is 3.23. The molecule has 25 heavy (non-hydrogen) atoms. The van der Waals surface area contributed by atoms with Crippen molar-refractivity contribution in [1.29, 1.82) is 0 Å². The summed E-state index contributed by atoms with van der Waals surface area (Å²) in [4.78, 5) is 15.4. The van der Waals surface area contributed by atoms with Gasteiger partial charge in [-0.1, -0.05) is 27.2 Å². The van der Waals surface area contributed by atoms with Crippen LogP contribution in [0.3, 0.4) is 0 Å². The van der Waals surface area contributed by atoms with Gasteiger partial charge < -0.3 is 20.1 Å². The standard InChI is InChI=1S/C19H37N3O3/c1-19(2,3)17-15(10-9-13-25-17)14-22-18(20-4)21-12-8-6-7-11-16(23)24-5/h15,17H,6-14H2,1-5H3,(H2,20,21,22). The number of aliphatic imine (C=N–C) groups is 1. The van der Waals surface area contributed by atoms with Gasteiger partial charge in [-0.25, -0.2) is 0 Å². The highest BCUT2D eigenvalue weighted by atomic mass is 16.5. The second-order valence-corrected chi connectivity index (χ2v) is 7.83. The molecule has 0 aromatic rings. The Morgan fingerprint density at radius 2 is 2.00 bits per heavy atom. The van der Waals surface area contributed by atoms with E-state index < -0.39 is 0 Å². The Kier molecular flexibility index (Phi) is 9.86. The summed E-state index contributed by atoms with van der Waals surface area (Å²) in [6.45, 7) is 9.35. The minimum atomic E-state index is -0.131. The lowest BCUT2D eigenvalue weighted by Gasteiger charge is -2.40. The normalized spacial score (nSPS) is 21.7. The predicted octanol–water partition coefficient (Wildman–Crippen LogP) is 2.73. The number of ether oxygens (including phenoxy) is 2. The molecule has 0 aromatic carbocycles. The highest BCUT2D eigenvalue weighted by Crippen LogP contribution is 2.33. The zero-order valence-corrected chi connectivity index (χ0v) is 16.7. The highest BCUT2D eigenvalue weighted by molar-refractivity contribution is 5.79. The lowest BCUT2D eigenvalue weighted by atomic mass is 9.78. The number of hydrogen-bond donors (Lipinski definition) is 2. The number of methoxy groups -OCH3 is 1. The van der Waals surface area contributed by atoms with Crippen LogP contribution >= 0.6 is 0 Å². The van der Waals surface area contributed by atoms with Crippen LogP contribution in [-0.2, 0) is 14.3 Å². The number of nitrogens with one attached hydrogen (secondary N) is 2. The summed E-state index contributed by atoms with van der Waals surface area (Å²) in [5, 5.41) is 6.79. The minimum Gasteiger partial charge on any atom is -0.469 e. The summed E-state index contributed by atoms with van der Waals surface area (Å²) in [6, 6.07) is 0. The lowest BCUT2D eigenvalue weighted by molar-refractivity contribution is -0.140. The molecular formula is C19H37N3O3. The van der Waals surface area contributed by atoms with Crippen LogP contribution in [-0.4, -0.2) is 51.9 Å². The fourth-order valence-corrected chi connectivity index (χ4v) is 3.34. The van der Waals surface area contributed by atoms with Gasteiger partial charge in [-0.2, -0.15) is 0 Å². The molecule has 0 bridgehead atoms. The number of carbonyl (C=O) groups is 1. The molecule has 2 N–H and O–H groups in total. The Bertz CT molecular complexity index is 419. The monoisotopic (exact) mass is 355 g/mol. The van der Waals surface area contributed by atoms with Crippen LogP contribution < -0.4 is 10.6 Å². The van der Waals surface area contributed by atoms with E-state index >= 15 is 0 Å². The van der Waals surface area contributed by atoms with E-state index in [1.165, 1.54) is 13.5 Å². The Balaban J connectivity index is 2.26. The Morgan fingerprint density at radius 3 is 2.64 bits per heavy atom. The van der Waals surface area contributed by atoms with Crippen molar-refractivity contribution in [3.8, 4) is 0 Å². The van der Waals surface area contributed by atoms with Crippen molar-refractivity contribution in [3.05, 3.63) is 0 Å². The van der Waals surface area contributed by atoms with E-state index in [4.69, 9.17) is 4.74 Å². The predicted molar refractivity (Wildman–Crippen MR) is 102 cm³/mol. The van der Waals surface area contributed by atoms with Crippen LogP contribution in [0.5, 0.6) is 0 Å². The van der Waals surface area contributed by atoms with Gasteiger partial charge in [-0.15, -0.1) is 0 Å². The third-order valence-electron chi connectivity index (χ3n) is 4.63. The van der Waals surface area contributed by atoms with Crippen molar-refractivity contribution < 1.29 is 14.3 Å². The molecule has 0 amide bonds. The Hall–Kier alpha value is -1.30. The molecule has 146 valence electrons. The van der Waals surface area contributed by atoms with Crippen LogP contribution in [0, 0.1) is 11.3 Å². The summed E-state index contributed by atoms with van der Waals surface area (Å²) in [6.07, 6.45) is 5.98. The number of guanidine groups is 1. The highest BCUT2D eigenvalue weighted by Gasteiger charge is 2.35. The van der Waals surface area contributed by atoms with Gasteiger partial charge in [0.15, 0.2) is 5.96 Å². The average Bonchev–Trinajstić information content (AvgIpc) is 2.59. The summed E-state index contributed by atoms with van der Waals surface area (Å²) < 4.78 is 10.7. The van der Waals surface area contributed by atoms with E-state index in [1.54, 1.807) is 7.05 Å². The van der Waals surface area contributed by atoms with E-state index in [9.17, 15) is 4.79 Å². The molecule has 6 heteroatoms. The SMILES string of the molecule is CN=C(NCCCCCC(=O)OC)NCC1CCCOC1C(C)(C)C. The lowest BCUT2D eigenvalue weighted by Crippen LogP contribution is -2.47. The summed E-state index contributed by atoms with van der Waals surface area (Å²) in [5.41, 5.74) is 0.156. The third-order valence-corrected chi connectivity index (χ3v) is 4.63. The number of esters is 1. The van der Waals surface area contributed by atoms with Crippen molar-refractivity contribution in [2.24, 2.45) is 16.3 Å². The number of unbranched alkanes of at least 4 members (excludes halogenated alkanes) is 2. The summed E-state index contributed by atoms with van der Waals surface area (Å²) >= 11 is 0. The maximum atomic E-state index is 11.1. The molecule has 0 radical (unpaired) electrons. The molecule has 1 aliphatic heterocycles. The topological polar surface area (TPSA) is 72.0 Å². The Labute approximate surface area is 153 Å². The Morgan fingerprint density at radius 1 is 1.24 bits per heavy atom. The van der Waals surface area contributed by atoms with E-state index in [-0.39, 0.29) is 17.5 Å². The first-order valence-corrected chi connectivity index (χ1v) is 9.51. The maximum absolute atomic E-state index is 11.1. The van der Waals surface area contributed by atoms with Gasteiger partial charge in [0, 0.05) is 39.1 Å². The first-order chi connectivity index (χ1) is 11.9. The van der Waals surface area contributed by atoms with Gasteiger partial charge >= 0.3 is 5.97 Å². The van der Waals surface area contributed by atoms with Crippen molar-refractivity contribution in [1.82, 2.24) is 10.6 Å². The van der Waals surface area contributed by atoms with E-state index in [0.717, 1.165) is 51.3 Å². The fourth-order valence-electron chi connectivity index (χ4n) is 3.34. The molecule has 2 atom stereocenters. The quantitative estimate of drug-likeness (QED) is 0.303. The van der Waals surface area contributed by atoms with Crippen molar-refractivity contribution in [2.45, 2.75) is 65.4 Å². The molecule has 0 aliphatic carbocycles. The van der Waals surface area contributed by atoms with Crippen LogP contribution in [0.1, 0.15) is 59.3 Å². The van der Waals surface area contributed by atoms with Crippen LogP contribution in [0.25, 0.3) is 0 Å². The van der Waals surface area contributed by atoms with Crippen molar-refractivity contribution in [3.63, 3.8) is 0 Å². The molecule has 0 spiro atoms. The number of nitrogens with zero attached hydrogens (tertiary/aromatic N) is 1. The molecule has 1 rings (SSSR count). The molecule has 6 nitrogen and oxygen atoms in total. The van der Waals surface area contributed by atoms with Crippen LogP contribution in [0.4, 0.5) is 0 Å². The molecule has 2 unspecified atom stereocenters. The van der Waals surface area contributed by atoms with E-state index in [1.807, 2.05) is 0 Å². The second kappa shape index (κ2) is 11.3. The zero-order chi connectivity index (χ0) is 18.7. The fraction of sp³-hybridized carbons (Fsp3) is 0.895. The molecule has 0 saturated carbocycles. The molecular weight excluding hydrogens is 318 g/mol. The molecule has 1 aliphatic rings. The van der Waals surface area contributed by atoms with Gasteiger partial charge in [0.05, 0.1) is 13.2 Å². The second-order valence-electron chi connectivity index (χ2n) is 7.83. The smallest absolute Gasteiger partial charge is 0.305 e.